The molecule has 0 spiro atoms. The zero-order valence-corrected chi connectivity index (χ0v) is 11.2. The molecule has 0 amide bonds. The maximum Gasteiger partial charge on any atom is 0.184 e. The molecular weight excluding hydrogens is 286 g/mol. The summed E-state index contributed by atoms with van der Waals surface area (Å²) in [6, 6.07) is 6.62. The number of rotatable bonds is 4. The van der Waals surface area contributed by atoms with E-state index in [-0.39, 0.29) is 12.1 Å². The van der Waals surface area contributed by atoms with Gasteiger partial charge in [-0.1, -0.05) is 6.07 Å². The number of anilines is 1. The van der Waals surface area contributed by atoms with Crippen molar-refractivity contribution in [2.24, 2.45) is 0 Å². The molecule has 0 radical (unpaired) electrons. The Bertz CT molecular complexity index is 695. The number of nitrogens with zero attached hydrogens (tertiary/aromatic N) is 1. The maximum atomic E-state index is 13.6. The van der Waals surface area contributed by atoms with Crippen molar-refractivity contribution in [2.45, 2.75) is 11.3 Å². The van der Waals surface area contributed by atoms with E-state index in [9.17, 15) is 17.2 Å². The number of aromatic nitrogens is 1. The second kappa shape index (κ2) is 5.54. The van der Waals surface area contributed by atoms with E-state index in [1.54, 1.807) is 18.2 Å². The molecule has 0 unspecified atom stereocenters. The molecule has 0 aliphatic rings. The Labute approximate surface area is 115 Å². The van der Waals surface area contributed by atoms with Gasteiger partial charge in [0.1, 0.15) is 16.5 Å². The normalized spacial score (nSPS) is 11.5. The van der Waals surface area contributed by atoms with Crippen LogP contribution in [0.3, 0.4) is 0 Å². The van der Waals surface area contributed by atoms with Crippen LogP contribution in [0.25, 0.3) is 0 Å². The fraction of sp³-hybridized carbons (Fsp3) is 0.154. The van der Waals surface area contributed by atoms with E-state index in [1.807, 2.05) is 0 Å². The summed E-state index contributed by atoms with van der Waals surface area (Å²) in [5.41, 5.74) is 5.62. The molecule has 4 nitrogen and oxygen atoms in total. The molecule has 1 heterocycles. The molecule has 0 saturated heterocycles. The average molecular weight is 298 g/mol. The van der Waals surface area contributed by atoms with Gasteiger partial charge < -0.3 is 5.73 Å². The Morgan fingerprint density at radius 2 is 1.80 bits per heavy atom. The smallest absolute Gasteiger partial charge is 0.184 e. The molecule has 20 heavy (non-hydrogen) atoms. The van der Waals surface area contributed by atoms with Crippen LogP contribution in [0.5, 0.6) is 0 Å². The van der Waals surface area contributed by atoms with E-state index < -0.39 is 32.1 Å². The third-order valence-electron chi connectivity index (χ3n) is 2.68. The maximum absolute atomic E-state index is 13.6. The predicted molar refractivity (Wildman–Crippen MR) is 70.8 cm³/mol. The van der Waals surface area contributed by atoms with Crippen molar-refractivity contribution >= 4 is 15.5 Å². The first-order valence-corrected chi connectivity index (χ1v) is 7.42. The summed E-state index contributed by atoms with van der Waals surface area (Å²) in [7, 11) is -4.08. The minimum absolute atomic E-state index is 0.0758. The lowest BCUT2D eigenvalue weighted by molar-refractivity contribution is 0.520. The van der Waals surface area contributed by atoms with Crippen molar-refractivity contribution < 1.29 is 17.2 Å². The lowest BCUT2D eigenvalue weighted by atomic mass is 10.3. The van der Waals surface area contributed by atoms with Crippen molar-refractivity contribution in [3.8, 4) is 0 Å². The van der Waals surface area contributed by atoms with Crippen LogP contribution in [0.1, 0.15) is 5.69 Å². The van der Waals surface area contributed by atoms with Crippen LogP contribution in [0.2, 0.25) is 0 Å². The van der Waals surface area contributed by atoms with Gasteiger partial charge in [-0.2, -0.15) is 0 Å². The van der Waals surface area contributed by atoms with E-state index in [2.05, 4.69) is 4.98 Å². The summed E-state index contributed by atoms with van der Waals surface area (Å²) >= 11 is 0. The van der Waals surface area contributed by atoms with Gasteiger partial charge in [-0.05, 0) is 24.3 Å². The number of benzene rings is 1. The van der Waals surface area contributed by atoms with Crippen LogP contribution in [0.15, 0.2) is 41.4 Å². The minimum Gasteiger partial charge on any atom is -0.399 e. The summed E-state index contributed by atoms with van der Waals surface area (Å²) in [6.07, 6.45) is 1.60. The summed E-state index contributed by atoms with van der Waals surface area (Å²) in [5, 5.41) is 0. The number of halogens is 2. The van der Waals surface area contributed by atoms with Crippen LogP contribution >= 0.6 is 0 Å². The third-order valence-corrected chi connectivity index (χ3v) is 4.44. The number of hydrogen-bond acceptors (Lipinski definition) is 4. The summed E-state index contributed by atoms with van der Waals surface area (Å²) in [4.78, 5) is 3.02. The number of pyridine rings is 1. The number of aryl methyl sites for hydroxylation is 1. The van der Waals surface area contributed by atoms with Crippen molar-refractivity contribution in [3.05, 3.63) is 53.9 Å². The highest BCUT2D eigenvalue weighted by Crippen LogP contribution is 2.23. The molecule has 0 fully saturated rings. The van der Waals surface area contributed by atoms with Gasteiger partial charge in [0.15, 0.2) is 9.84 Å². The van der Waals surface area contributed by atoms with Gasteiger partial charge in [0.25, 0.3) is 0 Å². The highest BCUT2D eigenvalue weighted by atomic mass is 32.2. The number of hydrogen-bond donors (Lipinski definition) is 1. The molecule has 2 aromatic rings. The lowest BCUT2D eigenvalue weighted by Crippen LogP contribution is -2.14. The van der Waals surface area contributed by atoms with Gasteiger partial charge in [0, 0.05) is 24.0 Å². The first-order chi connectivity index (χ1) is 9.40. The summed E-state index contributed by atoms with van der Waals surface area (Å²) in [5.74, 6) is -2.78. The van der Waals surface area contributed by atoms with Gasteiger partial charge >= 0.3 is 0 Å². The summed E-state index contributed by atoms with van der Waals surface area (Å²) in [6.45, 7) is 0. The molecule has 0 saturated carbocycles. The number of nitrogen functional groups attached to an aromatic ring is 1. The molecule has 0 aliphatic carbocycles. The average Bonchev–Trinajstić information content (AvgIpc) is 2.36. The van der Waals surface area contributed by atoms with Gasteiger partial charge in [-0.3, -0.25) is 4.98 Å². The Balaban J connectivity index is 2.28. The van der Waals surface area contributed by atoms with Crippen LogP contribution in [0.4, 0.5) is 14.5 Å². The topological polar surface area (TPSA) is 73.1 Å². The SMILES string of the molecule is Nc1cc(F)c(S(=O)(=O)CCc2ccccn2)c(F)c1. The Hall–Kier alpha value is -2.02. The molecule has 0 aliphatic heterocycles. The van der Waals surface area contributed by atoms with E-state index in [0.717, 1.165) is 12.1 Å². The quantitative estimate of drug-likeness (QED) is 0.876. The number of sulfone groups is 1. The van der Waals surface area contributed by atoms with Crippen molar-refractivity contribution in [1.29, 1.82) is 0 Å². The molecule has 0 bridgehead atoms. The molecule has 1 aromatic heterocycles. The molecule has 106 valence electrons. The number of nitrogens with two attached hydrogens (primary N) is 1. The molecule has 2 N–H and O–H groups in total. The molecule has 0 atom stereocenters. The highest BCUT2D eigenvalue weighted by Gasteiger charge is 2.24. The van der Waals surface area contributed by atoms with Gasteiger partial charge in [0.05, 0.1) is 5.75 Å². The molecule has 1 aromatic carbocycles. The first kappa shape index (κ1) is 14.4. The molecule has 7 heteroatoms. The Morgan fingerprint density at radius 1 is 1.15 bits per heavy atom. The van der Waals surface area contributed by atoms with E-state index in [1.165, 1.54) is 6.20 Å². The Morgan fingerprint density at radius 3 is 2.35 bits per heavy atom. The second-order valence-corrected chi connectivity index (χ2v) is 6.25. The van der Waals surface area contributed by atoms with Crippen LogP contribution < -0.4 is 5.73 Å². The zero-order chi connectivity index (χ0) is 14.8. The monoisotopic (exact) mass is 298 g/mol. The Kier molecular flexibility index (Phi) is 3.99. The largest absolute Gasteiger partial charge is 0.399 e. The second-order valence-electron chi connectivity index (χ2n) is 4.20. The van der Waals surface area contributed by atoms with Crippen molar-refractivity contribution in [3.63, 3.8) is 0 Å². The first-order valence-electron chi connectivity index (χ1n) is 5.77. The highest BCUT2D eigenvalue weighted by molar-refractivity contribution is 7.91. The van der Waals surface area contributed by atoms with E-state index in [4.69, 9.17) is 5.73 Å². The van der Waals surface area contributed by atoms with E-state index in [0.29, 0.717) is 5.69 Å². The van der Waals surface area contributed by atoms with Crippen molar-refractivity contribution in [2.75, 3.05) is 11.5 Å². The molecule has 2 rings (SSSR count). The minimum atomic E-state index is -4.08. The fourth-order valence-corrected chi connectivity index (χ4v) is 3.16. The van der Waals surface area contributed by atoms with E-state index >= 15 is 0 Å². The standard InChI is InChI=1S/C13H12F2N2O2S/c14-11-7-9(16)8-12(15)13(11)20(18,19)6-4-10-3-1-2-5-17-10/h1-3,5,7-8H,4,6,16H2. The fourth-order valence-electron chi connectivity index (χ4n) is 1.76. The van der Waals surface area contributed by atoms with Crippen LogP contribution in [0, 0.1) is 11.6 Å². The van der Waals surface area contributed by atoms with Crippen LogP contribution in [-0.4, -0.2) is 19.2 Å². The zero-order valence-electron chi connectivity index (χ0n) is 10.4. The summed E-state index contributed by atoms with van der Waals surface area (Å²) < 4.78 is 51.3. The van der Waals surface area contributed by atoms with Gasteiger partial charge in [0.2, 0.25) is 0 Å². The molecular formula is C13H12F2N2O2S. The predicted octanol–water partition coefficient (Wildman–Crippen LogP) is 1.96. The lowest BCUT2D eigenvalue weighted by Gasteiger charge is -2.07. The van der Waals surface area contributed by atoms with Crippen LogP contribution in [-0.2, 0) is 16.3 Å². The van der Waals surface area contributed by atoms with Gasteiger partial charge in [-0.25, -0.2) is 17.2 Å². The van der Waals surface area contributed by atoms with Crippen molar-refractivity contribution in [1.82, 2.24) is 4.98 Å². The third kappa shape index (κ3) is 3.11. The van der Waals surface area contributed by atoms with Gasteiger partial charge in [-0.15, -0.1) is 0 Å².